The van der Waals surface area contributed by atoms with Crippen molar-refractivity contribution in [3.63, 3.8) is 0 Å². The zero-order valence-electron chi connectivity index (χ0n) is 36.3. The van der Waals surface area contributed by atoms with E-state index in [1.807, 2.05) is 12.1 Å². The van der Waals surface area contributed by atoms with Crippen molar-refractivity contribution < 1.29 is 14.3 Å². The molecule has 0 radical (unpaired) electrons. The summed E-state index contributed by atoms with van der Waals surface area (Å²) in [5.74, 6) is 5.11. The van der Waals surface area contributed by atoms with Crippen LogP contribution < -0.4 is 22.5 Å². The van der Waals surface area contributed by atoms with Crippen LogP contribution in [0.1, 0.15) is 134 Å². The smallest absolute Gasteiger partial charge is 0.338 e. The number of nitrogens with two attached hydrogens (primary N) is 3. The number of fused-ring (bicyclic) bond motifs is 5. The van der Waals surface area contributed by atoms with E-state index in [-0.39, 0.29) is 35.1 Å². The van der Waals surface area contributed by atoms with Crippen LogP contribution in [0.4, 0.5) is 0 Å². The van der Waals surface area contributed by atoms with Crippen LogP contribution in [-0.2, 0) is 9.53 Å². The highest BCUT2D eigenvalue weighted by Gasteiger charge is 2.59. The van der Waals surface area contributed by atoms with Crippen LogP contribution in [0.15, 0.2) is 58.3 Å². The van der Waals surface area contributed by atoms with Gasteiger partial charge in [0.05, 0.1) is 11.4 Å². The highest BCUT2D eigenvalue weighted by Crippen LogP contribution is 2.67. The first kappa shape index (κ1) is 45.6. The summed E-state index contributed by atoms with van der Waals surface area (Å²) in [5, 5.41) is 3.00. The van der Waals surface area contributed by atoms with Crippen molar-refractivity contribution in [2.45, 2.75) is 130 Å². The Labute approximate surface area is 355 Å². The fourth-order valence-electron chi connectivity index (χ4n) is 11.6. The fraction of sp³-hybridized carbons (Fsp3) is 0.702. The lowest BCUT2D eigenvalue weighted by Crippen LogP contribution is -2.51. The number of hydrogen-bond acceptors (Lipinski definition) is 8. The summed E-state index contributed by atoms with van der Waals surface area (Å²) in [4.78, 5) is 37.4. The molecule has 3 fully saturated rings. The van der Waals surface area contributed by atoms with Gasteiger partial charge in [-0.05, 0) is 122 Å². The Morgan fingerprint density at radius 2 is 1.74 bits per heavy atom. The lowest BCUT2D eigenvalue weighted by molar-refractivity contribution is -0.132. The third-order valence-corrected chi connectivity index (χ3v) is 15.0. The first-order valence-corrected chi connectivity index (χ1v) is 23.0. The van der Waals surface area contributed by atoms with E-state index in [2.05, 4.69) is 75.2 Å². The van der Waals surface area contributed by atoms with E-state index in [1.165, 1.54) is 56.9 Å². The summed E-state index contributed by atoms with van der Waals surface area (Å²) < 4.78 is 6.19. The molecule has 7 N–H and O–H groups in total. The van der Waals surface area contributed by atoms with Crippen molar-refractivity contribution in [3.8, 4) is 0 Å². The molecule has 4 aliphatic rings. The fourth-order valence-corrected chi connectivity index (χ4v) is 11.8. The molecule has 9 unspecified atom stereocenters. The van der Waals surface area contributed by atoms with Gasteiger partial charge in [0.15, 0.2) is 5.96 Å². The quantitative estimate of drug-likeness (QED) is 0.0224. The zero-order chi connectivity index (χ0) is 42.0. The second-order valence-electron chi connectivity index (χ2n) is 18.9. The Bertz CT molecular complexity index is 1640. The third-order valence-electron chi connectivity index (χ3n) is 14.7. The molecular weight excluding hydrogens is 743 g/mol. The van der Waals surface area contributed by atoms with Crippen molar-refractivity contribution in [3.05, 3.63) is 59.4 Å². The molecule has 1 amide bonds. The molecular formula is C47H75N7O3S. The highest BCUT2D eigenvalue weighted by molar-refractivity contribution is 7.80. The number of nitrogens with one attached hydrogen (secondary N) is 1. The number of hydrogen-bond donors (Lipinski definition) is 5. The van der Waals surface area contributed by atoms with E-state index in [1.54, 1.807) is 23.2 Å². The van der Waals surface area contributed by atoms with E-state index in [0.29, 0.717) is 55.8 Å². The van der Waals surface area contributed by atoms with Crippen molar-refractivity contribution >= 4 is 36.7 Å². The van der Waals surface area contributed by atoms with Gasteiger partial charge >= 0.3 is 5.97 Å². The van der Waals surface area contributed by atoms with E-state index < -0.39 is 6.04 Å². The average Bonchev–Trinajstić information content (AvgIpc) is 3.54. The normalized spacial score (nSPS) is 28.7. The number of esters is 1. The Morgan fingerprint density at radius 1 is 1.00 bits per heavy atom. The monoisotopic (exact) mass is 818 g/mol. The number of amides is 1. The number of guanidine groups is 1. The van der Waals surface area contributed by atoms with Gasteiger partial charge in [-0.25, -0.2) is 4.79 Å². The first-order valence-electron chi connectivity index (χ1n) is 22.3. The Morgan fingerprint density at radius 3 is 2.43 bits per heavy atom. The maximum Gasteiger partial charge on any atom is 0.338 e. The molecule has 3 saturated carbocycles. The van der Waals surface area contributed by atoms with Crippen LogP contribution in [-0.4, -0.2) is 73.0 Å². The van der Waals surface area contributed by atoms with Gasteiger partial charge in [-0.15, -0.1) is 0 Å². The van der Waals surface area contributed by atoms with Crippen molar-refractivity contribution in [1.29, 1.82) is 0 Å². The van der Waals surface area contributed by atoms with E-state index in [9.17, 15) is 9.59 Å². The molecule has 0 saturated heterocycles. The van der Waals surface area contributed by atoms with Crippen LogP contribution in [0.5, 0.6) is 0 Å². The number of carbonyl (C=O) groups is 2. The van der Waals surface area contributed by atoms with Gasteiger partial charge < -0.3 is 32.2 Å². The van der Waals surface area contributed by atoms with Gasteiger partial charge in [-0.1, -0.05) is 84.2 Å². The number of ether oxygens (including phenoxy) is 1. The molecule has 58 heavy (non-hydrogen) atoms. The molecule has 322 valence electrons. The van der Waals surface area contributed by atoms with Crippen LogP contribution in [0.25, 0.3) is 0 Å². The SMILES string of the molecule is C=C(N)NCCCN(CCCN=C(N)N)C(=O)C(CS)N=Cc1ccc(C(=O)OC2CCC3(C)C(=CCC4C3CCC3(C)C(C(C)CCCC(C)C)CCC43)C2)cc1. The Balaban J connectivity index is 1.15. The number of allylic oxidation sites excluding steroid dienone is 1. The van der Waals surface area contributed by atoms with Gasteiger partial charge in [-0.3, -0.25) is 14.8 Å². The van der Waals surface area contributed by atoms with E-state index in [0.717, 1.165) is 60.3 Å². The molecule has 1 aromatic carbocycles. The predicted molar refractivity (Wildman–Crippen MR) is 242 cm³/mol. The molecule has 0 heterocycles. The van der Waals surface area contributed by atoms with Crippen molar-refractivity contribution in [1.82, 2.24) is 10.2 Å². The van der Waals surface area contributed by atoms with E-state index in [4.69, 9.17) is 21.9 Å². The molecule has 0 aromatic heterocycles. The van der Waals surface area contributed by atoms with Crippen LogP contribution in [0.3, 0.4) is 0 Å². The minimum absolute atomic E-state index is 0.0261. The maximum absolute atomic E-state index is 13.5. The summed E-state index contributed by atoms with van der Waals surface area (Å²) in [6, 6.07) is 6.59. The molecule has 10 nitrogen and oxygen atoms in total. The second-order valence-corrected chi connectivity index (χ2v) is 19.3. The lowest BCUT2D eigenvalue weighted by atomic mass is 9.47. The van der Waals surface area contributed by atoms with Crippen LogP contribution in [0.2, 0.25) is 0 Å². The first-order chi connectivity index (χ1) is 27.7. The van der Waals surface area contributed by atoms with Crippen molar-refractivity contribution in [2.75, 3.05) is 31.9 Å². The molecule has 0 spiro atoms. The lowest BCUT2D eigenvalue weighted by Gasteiger charge is -2.58. The molecule has 0 bridgehead atoms. The van der Waals surface area contributed by atoms with Gasteiger partial charge in [-0.2, -0.15) is 12.6 Å². The largest absolute Gasteiger partial charge is 0.458 e. The number of thiol groups is 1. The Hall–Kier alpha value is -3.47. The summed E-state index contributed by atoms with van der Waals surface area (Å²) in [6.07, 6.45) is 19.1. The molecule has 4 aliphatic carbocycles. The number of rotatable bonds is 20. The van der Waals surface area contributed by atoms with Crippen LogP contribution in [0, 0.1) is 46.3 Å². The molecule has 9 atom stereocenters. The van der Waals surface area contributed by atoms with Gasteiger partial charge in [0, 0.05) is 44.6 Å². The molecule has 0 aliphatic heterocycles. The minimum atomic E-state index is -0.670. The summed E-state index contributed by atoms with van der Waals surface area (Å²) in [5.41, 5.74) is 20.1. The zero-order valence-corrected chi connectivity index (χ0v) is 37.2. The molecule has 1 aromatic rings. The highest BCUT2D eigenvalue weighted by atomic mass is 32.1. The molecule has 11 heteroatoms. The minimum Gasteiger partial charge on any atom is -0.458 e. The van der Waals surface area contributed by atoms with Gasteiger partial charge in [0.25, 0.3) is 0 Å². The van der Waals surface area contributed by atoms with E-state index >= 15 is 0 Å². The summed E-state index contributed by atoms with van der Waals surface area (Å²) in [7, 11) is 0. The second kappa shape index (κ2) is 20.7. The number of aliphatic imine (C=N–C) groups is 2. The van der Waals surface area contributed by atoms with Crippen molar-refractivity contribution in [2.24, 2.45) is 73.5 Å². The number of nitrogens with zero attached hydrogens (tertiary/aromatic N) is 3. The standard InChI is InChI=1S/C47H75N7O3S/c1-31(2)10-7-11-32(3)39-18-19-40-38-17-16-36-28-37(20-22-46(36,5)41(38)21-23-47(39,40)6)57-44(56)35-14-12-34(13-15-35)29-53-42(30-58)43(55)54(26-8-24-51-33(4)48)27-9-25-52-45(49)50/h12-16,29,31-32,37-42,51,58H,4,7-11,17-28,30,48H2,1-3,5-6H3,(H4,49,50,52). The maximum atomic E-state index is 13.5. The van der Waals surface area contributed by atoms with Crippen LogP contribution >= 0.6 is 12.6 Å². The van der Waals surface area contributed by atoms with Gasteiger partial charge in [0.2, 0.25) is 5.91 Å². The average molecular weight is 818 g/mol. The number of carbonyl (C=O) groups excluding carboxylic acids is 2. The topological polar surface area (TPSA) is 161 Å². The third kappa shape index (κ3) is 11.2. The number of benzene rings is 1. The Kier molecular flexibility index (Phi) is 16.3. The van der Waals surface area contributed by atoms with Gasteiger partial charge in [0.1, 0.15) is 12.1 Å². The summed E-state index contributed by atoms with van der Waals surface area (Å²) >= 11 is 4.45. The molecule has 5 rings (SSSR count). The predicted octanol–water partition coefficient (Wildman–Crippen LogP) is 7.87. The summed E-state index contributed by atoms with van der Waals surface area (Å²) in [6.45, 7) is 18.1.